The number of aliphatic imine (C=N–C) groups is 1. The summed E-state index contributed by atoms with van der Waals surface area (Å²) in [5.74, 6) is 1.12. The van der Waals surface area contributed by atoms with Crippen LogP contribution < -0.4 is 0 Å². The van der Waals surface area contributed by atoms with Crippen molar-refractivity contribution in [3.8, 4) is 0 Å². The lowest BCUT2D eigenvalue weighted by Crippen LogP contribution is -1.97. The number of allylic oxidation sites excluding steroid dienone is 3. The molecular weight excluding hydrogens is 278 g/mol. The van der Waals surface area contributed by atoms with Gasteiger partial charge < -0.3 is 5.11 Å². The second kappa shape index (κ2) is 6.83. The number of benzene rings is 1. The molecular formula is C15H16ClNOS. The second-order valence-electron chi connectivity index (χ2n) is 4.34. The van der Waals surface area contributed by atoms with Crippen LogP contribution in [0.3, 0.4) is 0 Å². The van der Waals surface area contributed by atoms with E-state index in [4.69, 9.17) is 11.6 Å². The van der Waals surface area contributed by atoms with Crippen molar-refractivity contribution < 1.29 is 5.11 Å². The molecule has 1 aromatic rings. The molecule has 2 nitrogen and oxygen atoms in total. The van der Waals surface area contributed by atoms with Gasteiger partial charge in [-0.25, -0.2) is 0 Å². The number of rotatable bonds is 2. The Balaban J connectivity index is 2.04. The largest absolute Gasteiger partial charge is 0.508 e. The first-order valence-electron chi connectivity index (χ1n) is 6.16. The Kier molecular flexibility index (Phi) is 5.11. The minimum Gasteiger partial charge on any atom is -0.508 e. The van der Waals surface area contributed by atoms with Crippen molar-refractivity contribution in [3.63, 3.8) is 0 Å². The van der Waals surface area contributed by atoms with Crippen LogP contribution in [0.15, 0.2) is 52.9 Å². The number of hydrogen-bond acceptors (Lipinski definition) is 3. The zero-order chi connectivity index (χ0) is 13.7. The number of nitrogens with zero attached hydrogens (tertiary/aromatic N) is 1. The number of aliphatic hydroxyl groups is 1. The van der Waals surface area contributed by atoms with E-state index < -0.39 is 0 Å². The maximum Gasteiger partial charge on any atom is 0.113 e. The molecule has 1 aromatic carbocycles. The number of thioether (sulfide) groups is 1. The molecule has 0 spiro atoms. The van der Waals surface area contributed by atoms with Crippen LogP contribution >= 0.6 is 23.4 Å². The molecule has 19 heavy (non-hydrogen) atoms. The van der Waals surface area contributed by atoms with Gasteiger partial charge in [0.25, 0.3) is 0 Å². The summed E-state index contributed by atoms with van der Waals surface area (Å²) < 4.78 is 0. The van der Waals surface area contributed by atoms with Crippen molar-refractivity contribution in [2.75, 3.05) is 0 Å². The average Bonchev–Trinajstić information content (AvgIpc) is 2.35. The summed E-state index contributed by atoms with van der Waals surface area (Å²) >= 11 is 7.85. The summed E-state index contributed by atoms with van der Waals surface area (Å²) in [6.07, 6.45) is 5.18. The highest BCUT2D eigenvalue weighted by Crippen LogP contribution is 2.24. The van der Waals surface area contributed by atoms with E-state index in [9.17, 15) is 5.11 Å². The van der Waals surface area contributed by atoms with Gasteiger partial charge in [-0.1, -0.05) is 29.8 Å². The quantitative estimate of drug-likeness (QED) is 0.821. The second-order valence-corrected chi connectivity index (χ2v) is 5.79. The predicted molar refractivity (Wildman–Crippen MR) is 83.9 cm³/mol. The fourth-order valence-electron chi connectivity index (χ4n) is 1.78. The fraction of sp³-hybridized carbons (Fsp3) is 0.267. The third-order valence-corrected chi connectivity index (χ3v) is 4.17. The third-order valence-electron chi connectivity index (χ3n) is 2.72. The van der Waals surface area contributed by atoms with Gasteiger partial charge in [0, 0.05) is 22.5 Å². The highest BCUT2D eigenvalue weighted by Gasteiger charge is 2.06. The lowest BCUT2D eigenvalue weighted by Gasteiger charge is -2.09. The van der Waals surface area contributed by atoms with Gasteiger partial charge >= 0.3 is 0 Å². The molecule has 0 saturated heterocycles. The Morgan fingerprint density at radius 2 is 2.16 bits per heavy atom. The van der Waals surface area contributed by atoms with Crippen LogP contribution in [0.1, 0.15) is 25.3 Å². The number of hydrogen-bond donors (Lipinski definition) is 1. The molecule has 1 aliphatic heterocycles. The first-order chi connectivity index (χ1) is 9.15. The Morgan fingerprint density at radius 1 is 1.37 bits per heavy atom. The molecule has 0 atom stereocenters. The van der Waals surface area contributed by atoms with Crippen LogP contribution in [0, 0.1) is 0 Å². The molecule has 0 saturated carbocycles. The molecule has 0 bridgehead atoms. The molecule has 0 aliphatic carbocycles. The molecule has 2 rings (SSSR count). The summed E-state index contributed by atoms with van der Waals surface area (Å²) in [6.45, 7) is 1.89. The fourth-order valence-corrected chi connectivity index (χ4v) is 3.11. The van der Waals surface area contributed by atoms with Gasteiger partial charge in [0.1, 0.15) is 5.76 Å². The number of halogens is 1. The van der Waals surface area contributed by atoms with Crippen molar-refractivity contribution >= 4 is 28.4 Å². The van der Waals surface area contributed by atoms with E-state index in [1.165, 1.54) is 0 Å². The molecule has 0 amide bonds. The van der Waals surface area contributed by atoms with Crippen molar-refractivity contribution in [1.29, 1.82) is 0 Å². The minimum absolute atomic E-state index is 0.302. The summed E-state index contributed by atoms with van der Waals surface area (Å²) in [6, 6.07) is 7.87. The van der Waals surface area contributed by atoms with Crippen LogP contribution in [-0.4, -0.2) is 10.2 Å². The zero-order valence-electron chi connectivity index (χ0n) is 10.8. The van der Waals surface area contributed by atoms with Crippen molar-refractivity contribution in [3.05, 3.63) is 58.5 Å². The van der Waals surface area contributed by atoms with Crippen LogP contribution in [0.5, 0.6) is 0 Å². The van der Waals surface area contributed by atoms with E-state index in [0.717, 1.165) is 39.9 Å². The Hall–Kier alpha value is -1.19. The maximum absolute atomic E-state index is 9.51. The maximum atomic E-state index is 9.51. The molecule has 0 fully saturated rings. The first-order valence-corrected chi connectivity index (χ1v) is 7.52. The van der Waals surface area contributed by atoms with Gasteiger partial charge in [-0.3, -0.25) is 4.99 Å². The van der Waals surface area contributed by atoms with Crippen LogP contribution in [0.4, 0.5) is 0 Å². The standard InChI is InChI=1S/C15H16ClNOS/c1-11-9-13(18)6-4-8-15(17-11)19-10-12-5-2-3-7-14(12)16/h2-3,5-7,9,18H,4,8,10H2,1H3/b11-9?,13-6+,17-15?. The molecule has 1 N–H and O–H groups in total. The minimum atomic E-state index is 0.302. The van der Waals surface area contributed by atoms with Crippen LogP contribution in [-0.2, 0) is 5.75 Å². The molecule has 100 valence electrons. The van der Waals surface area contributed by atoms with Crippen LogP contribution in [0.2, 0.25) is 5.02 Å². The SMILES string of the molecule is CC1=C/C(O)=C\CCC(SCc2ccccc2Cl)=N1. The van der Waals surface area contributed by atoms with Gasteiger partial charge in [-0.15, -0.1) is 11.8 Å². The lowest BCUT2D eigenvalue weighted by atomic mass is 10.2. The predicted octanol–water partition coefficient (Wildman–Crippen LogP) is 5.11. The summed E-state index contributed by atoms with van der Waals surface area (Å²) in [5, 5.41) is 11.4. The summed E-state index contributed by atoms with van der Waals surface area (Å²) in [7, 11) is 0. The van der Waals surface area contributed by atoms with E-state index in [-0.39, 0.29) is 0 Å². The lowest BCUT2D eigenvalue weighted by molar-refractivity contribution is 0.428. The van der Waals surface area contributed by atoms with Gasteiger partial charge in [0.15, 0.2) is 0 Å². The normalized spacial score (nSPS) is 18.7. The zero-order valence-corrected chi connectivity index (χ0v) is 12.3. The van der Waals surface area contributed by atoms with Gasteiger partial charge in [0.2, 0.25) is 0 Å². The van der Waals surface area contributed by atoms with E-state index in [2.05, 4.69) is 4.99 Å². The topological polar surface area (TPSA) is 32.6 Å². The van der Waals surface area contributed by atoms with Crippen molar-refractivity contribution in [2.24, 2.45) is 4.99 Å². The van der Waals surface area contributed by atoms with Crippen molar-refractivity contribution in [2.45, 2.75) is 25.5 Å². The van der Waals surface area contributed by atoms with Crippen molar-refractivity contribution in [1.82, 2.24) is 0 Å². The molecule has 0 aromatic heterocycles. The average molecular weight is 294 g/mol. The first kappa shape index (κ1) is 14.2. The van der Waals surface area contributed by atoms with Gasteiger partial charge in [-0.05, 0) is 37.5 Å². The van der Waals surface area contributed by atoms with E-state index in [1.54, 1.807) is 17.8 Å². The van der Waals surface area contributed by atoms with E-state index in [0.29, 0.717) is 5.76 Å². The van der Waals surface area contributed by atoms with Gasteiger partial charge in [-0.2, -0.15) is 0 Å². The smallest absolute Gasteiger partial charge is 0.113 e. The molecule has 1 heterocycles. The Bertz CT molecular complexity index is 549. The monoisotopic (exact) mass is 293 g/mol. The van der Waals surface area contributed by atoms with E-state index in [1.807, 2.05) is 37.3 Å². The molecule has 0 radical (unpaired) electrons. The Morgan fingerprint density at radius 3 is 2.95 bits per heavy atom. The van der Waals surface area contributed by atoms with Crippen LogP contribution in [0.25, 0.3) is 0 Å². The molecule has 4 heteroatoms. The summed E-state index contributed by atoms with van der Waals surface area (Å²) in [4.78, 5) is 4.53. The highest BCUT2D eigenvalue weighted by atomic mass is 35.5. The summed E-state index contributed by atoms with van der Waals surface area (Å²) in [5.41, 5.74) is 1.95. The van der Waals surface area contributed by atoms with E-state index >= 15 is 0 Å². The number of aliphatic hydroxyl groups excluding tert-OH is 1. The molecule has 1 aliphatic rings. The molecule has 0 unspecified atom stereocenters. The van der Waals surface area contributed by atoms with Gasteiger partial charge in [0.05, 0.1) is 5.04 Å². The third kappa shape index (κ3) is 4.44. The highest BCUT2D eigenvalue weighted by molar-refractivity contribution is 8.13. The Labute approximate surface area is 122 Å².